The Kier molecular flexibility index (Phi) is 2.97. The van der Waals surface area contributed by atoms with Crippen molar-refractivity contribution in [1.82, 2.24) is 0 Å². The predicted molar refractivity (Wildman–Crippen MR) is 51.8 cm³/mol. The zero-order chi connectivity index (χ0) is 9.84. The minimum Gasteiger partial charge on any atom is -0.494 e. The quantitative estimate of drug-likeness (QED) is 0.676. The maximum absolute atomic E-state index is 5.74. The largest absolute Gasteiger partial charge is 0.494 e. The van der Waals surface area contributed by atoms with Crippen molar-refractivity contribution in [3.63, 3.8) is 0 Å². The average Bonchev–Trinajstić information content (AvgIpc) is 2.18. The molecule has 1 aromatic rings. The van der Waals surface area contributed by atoms with E-state index in [2.05, 4.69) is 0 Å². The molecular weight excluding hydrogens is 168 g/mol. The molecule has 72 valence electrons. The van der Waals surface area contributed by atoms with E-state index in [4.69, 9.17) is 20.9 Å². The first kappa shape index (κ1) is 9.67. The lowest BCUT2D eigenvalue weighted by Gasteiger charge is -2.10. The molecule has 13 heavy (non-hydrogen) atoms. The molecule has 0 aliphatic heterocycles. The molecule has 0 aliphatic carbocycles. The second-order valence-electron chi connectivity index (χ2n) is 2.62. The number of hydrogen-bond donors (Lipinski definition) is 2. The SMILES string of the molecule is COc1cc(CN)cc(OC)c1N. The van der Waals surface area contributed by atoms with Crippen molar-refractivity contribution in [3.8, 4) is 11.5 Å². The van der Waals surface area contributed by atoms with Crippen LogP contribution in [0.5, 0.6) is 11.5 Å². The summed E-state index contributed by atoms with van der Waals surface area (Å²) in [6.07, 6.45) is 0. The molecule has 0 heterocycles. The second kappa shape index (κ2) is 4.00. The van der Waals surface area contributed by atoms with Crippen molar-refractivity contribution in [2.24, 2.45) is 5.73 Å². The first-order valence-corrected chi connectivity index (χ1v) is 3.93. The molecule has 0 bridgehead atoms. The number of rotatable bonds is 3. The summed E-state index contributed by atoms with van der Waals surface area (Å²) in [6.45, 7) is 0.438. The maximum Gasteiger partial charge on any atom is 0.145 e. The summed E-state index contributed by atoms with van der Waals surface area (Å²) in [5.74, 6) is 1.19. The maximum atomic E-state index is 5.74. The van der Waals surface area contributed by atoms with E-state index in [0.717, 1.165) is 5.56 Å². The lowest BCUT2D eigenvalue weighted by molar-refractivity contribution is 0.397. The Morgan fingerprint density at radius 2 is 1.62 bits per heavy atom. The van der Waals surface area contributed by atoms with E-state index in [-0.39, 0.29) is 0 Å². The Balaban J connectivity index is 3.20. The van der Waals surface area contributed by atoms with E-state index in [9.17, 15) is 0 Å². The summed E-state index contributed by atoms with van der Waals surface area (Å²) in [5.41, 5.74) is 12.7. The molecule has 4 nitrogen and oxygen atoms in total. The number of anilines is 1. The van der Waals surface area contributed by atoms with Crippen LogP contribution in [0.25, 0.3) is 0 Å². The first-order valence-electron chi connectivity index (χ1n) is 3.93. The van der Waals surface area contributed by atoms with Gasteiger partial charge in [-0.2, -0.15) is 0 Å². The molecule has 0 atom stereocenters. The highest BCUT2D eigenvalue weighted by atomic mass is 16.5. The minimum absolute atomic E-state index is 0.438. The van der Waals surface area contributed by atoms with Gasteiger partial charge in [0, 0.05) is 6.54 Å². The fraction of sp³-hybridized carbons (Fsp3) is 0.333. The monoisotopic (exact) mass is 182 g/mol. The van der Waals surface area contributed by atoms with Gasteiger partial charge >= 0.3 is 0 Å². The lowest BCUT2D eigenvalue weighted by atomic mass is 10.1. The van der Waals surface area contributed by atoms with E-state index >= 15 is 0 Å². The van der Waals surface area contributed by atoms with Crippen molar-refractivity contribution >= 4 is 5.69 Å². The van der Waals surface area contributed by atoms with E-state index in [1.807, 2.05) is 0 Å². The third-order valence-corrected chi connectivity index (χ3v) is 1.84. The Bertz CT molecular complexity index is 275. The summed E-state index contributed by atoms with van der Waals surface area (Å²) in [5, 5.41) is 0. The van der Waals surface area contributed by atoms with Crippen molar-refractivity contribution in [2.75, 3.05) is 20.0 Å². The highest BCUT2D eigenvalue weighted by Gasteiger charge is 2.07. The number of ether oxygens (including phenoxy) is 2. The first-order chi connectivity index (χ1) is 6.22. The van der Waals surface area contributed by atoms with Gasteiger partial charge in [0.1, 0.15) is 17.2 Å². The van der Waals surface area contributed by atoms with Gasteiger partial charge in [0.15, 0.2) is 0 Å². The number of nitrogens with two attached hydrogens (primary N) is 2. The predicted octanol–water partition coefficient (Wildman–Crippen LogP) is 0.745. The van der Waals surface area contributed by atoms with Crippen molar-refractivity contribution in [1.29, 1.82) is 0 Å². The van der Waals surface area contributed by atoms with Crippen LogP contribution in [0, 0.1) is 0 Å². The van der Waals surface area contributed by atoms with Crippen LogP contribution in [0.2, 0.25) is 0 Å². The number of hydrogen-bond acceptors (Lipinski definition) is 4. The van der Waals surface area contributed by atoms with Crippen LogP contribution < -0.4 is 20.9 Å². The van der Waals surface area contributed by atoms with Gasteiger partial charge in [0.2, 0.25) is 0 Å². The molecule has 0 saturated carbocycles. The Morgan fingerprint density at radius 1 is 1.15 bits per heavy atom. The van der Waals surface area contributed by atoms with E-state index in [1.54, 1.807) is 26.4 Å². The molecule has 0 saturated heterocycles. The third kappa shape index (κ3) is 1.84. The Morgan fingerprint density at radius 3 is 1.92 bits per heavy atom. The summed E-state index contributed by atoms with van der Waals surface area (Å²) in [4.78, 5) is 0. The van der Waals surface area contributed by atoms with Gasteiger partial charge in [0.25, 0.3) is 0 Å². The van der Waals surface area contributed by atoms with E-state index in [1.165, 1.54) is 0 Å². The summed E-state index contributed by atoms with van der Waals surface area (Å²) in [6, 6.07) is 3.61. The zero-order valence-corrected chi connectivity index (χ0v) is 7.83. The highest BCUT2D eigenvalue weighted by Crippen LogP contribution is 2.32. The van der Waals surface area contributed by atoms with Crippen LogP contribution in [-0.4, -0.2) is 14.2 Å². The highest BCUT2D eigenvalue weighted by molar-refractivity contribution is 5.64. The molecule has 0 unspecified atom stereocenters. The molecule has 0 radical (unpaired) electrons. The van der Waals surface area contributed by atoms with Crippen molar-refractivity contribution in [2.45, 2.75) is 6.54 Å². The molecule has 0 fully saturated rings. The third-order valence-electron chi connectivity index (χ3n) is 1.84. The molecule has 1 rings (SSSR count). The molecule has 1 aromatic carbocycles. The van der Waals surface area contributed by atoms with Crippen LogP contribution in [0.15, 0.2) is 12.1 Å². The van der Waals surface area contributed by atoms with Gasteiger partial charge in [-0.15, -0.1) is 0 Å². The van der Waals surface area contributed by atoms with Crippen molar-refractivity contribution < 1.29 is 9.47 Å². The summed E-state index contributed by atoms with van der Waals surface area (Å²) >= 11 is 0. The van der Waals surface area contributed by atoms with Gasteiger partial charge in [-0.1, -0.05) is 0 Å². The van der Waals surface area contributed by atoms with Crippen LogP contribution in [-0.2, 0) is 6.54 Å². The second-order valence-corrected chi connectivity index (χ2v) is 2.62. The standard InChI is InChI=1S/C9H14N2O2/c1-12-7-3-6(5-10)4-8(13-2)9(7)11/h3-4H,5,10-11H2,1-2H3. The average molecular weight is 182 g/mol. The Hall–Kier alpha value is -1.42. The molecule has 0 spiro atoms. The van der Waals surface area contributed by atoms with Gasteiger partial charge in [-0.25, -0.2) is 0 Å². The van der Waals surface area contributed by atoms with Crippen LogP contribution in [0.4, 0.5) is 5.69 Å². The molecular formula is C9H14N2O2. The molecule has 4 N–H and O–H groups in total. The van der Waals surface area contributed by atoms with Gasteiger partial charge in [-0.05, 0) is 17.7 Å². The summed E-state index contributed by atoms with van der Waals surface area (Å²) in [7, 11) is 3.12. The fourth-order valence-corrected chi connectivity index (χ4v) is 1.11. The minimum atomic E-state index is 0.438. The lowest BCUT2D eigenvalue weighted by Crippen LogP contribution is -2.01. The summed E-state index contributed by atoms with van der Waals surface area (Å²) < 4.78 is 10.1. The van der Waals surface area contributed by atoms with E-state index < -0.39 is 0 Å². The molecule has 0 aromatic heterocycles. The van der Waals surface area contributed by atoms with Gasteiger partial charge < -0.3 is 20.9 Å². The topological polar surface area (TPSA) is 70.5 Å². The fourth-order valence-electron chi connectivity index (χ4n) is 1.11. The van der Waals surface area contributed by atoms with Crippen LogP contribution in [0.1, 0.15) is 5.56 Å². The number of benzene rings is 1. The molecule has 4 heteroatoms. The molecule has 0 amide bonds. The van der Waals surface area contributed by atoms with Gasteiger partial charge in [0.05, 0.1) is 14.2 Å². The molecule has 0 aliphatic rings. The van der Waals surface area contributed by atoms with E-state index in [0.29, 0.717) is 23.7 Å². The smallest absolute Gasteiger partial charge is 0.145 e. The Labute approximate surface area is 77.4 Å². The van der Waals surface area contributed by atoms with Crippen molar-refractivity contribution in [3.05, 3.63) is 17.7 Å². The normalized spacial score (nSPS) is 9.77. The zero-order valence-electron chi connectivity index (χ0n) is 7.83. The number of methoxy groups -OCH3 is 2. The van der Waals surface area contributed by atoms with Crippen LogP contribution in [0.3, 0.4) is 0 Å². The van der Waals surface area contributed by atoms with Crippen LogP contribution >= 0.6 is 0 Å². The number of nitrogen functional groups attached to an aromatic ring is 1. The van der Waals surface area contributed by atoms with Gasteiger partial charge in [-0.3, -0.25) is 0 Å².